The van der Waals surface area contributed by atoms with Gasteiger partial charge in [-0.2, -0.15) is 0 Å². The monoisotopic (exact) mass is 396 g/mol. The van der Waals surface area contributed by atoms with Crippen LogP contribution in [-0.4, -0.2) is 27.7 Å². The largest absolute Gasteiger partial charge is 0.352 e. The summed E-state index contributed by atoms with van der Waals surface area (Å²) in [6, 6.07) is 3.33. The van der Waals surface area contributed by atoms with Gasteiger partial charge in [-0.25, -0.2) is 4.98 Å². The van der Waals surface area contributed by atoms with Gasteiger partial charge in [0.25, 0.3) is 11.5 Å². The zero-order valence-corrected chi connectivity index (χ0v) is 16.7. The number of nitrogens with one attached hydrogen (secondary N) is 2. The van der Waals surface area contributed by atoms with Crippen molar-refractivity contribution in [3.8, 4) is 0 Å². The number of anilines is 1. The van der Waals surface area contributed by atoms with E-state index in [1.54, 1.807) is 12.1 Å². The van der Waals surface area contributed by atoms with E-state index in [2.05, 4.69) is 15.6 Å². The molecule has 2 aliphatic rings. The molecule has 0 unspecified atom stereocenters. The van der Waals surface area contributed by atoms with Crippen molar-refractivity contribution in [1.29, 1.82) is 0 Å². The number of carbonyl (C=O) groups is 2. The molecule has 154 valence electrons. The molecule has 2 aliphatic carbocycles. The maximum absolute atomic E-state index is 12.8. The summed E-state index contributed by atoms with van der Waals surface area (Å²) in [5.41, 5.74) is 0.636. The van der Waals surface area contributed by atoms with Crippen molar-refractivity contribution < 1.29 is 9.59 Å². The van der Waals surface area contributed by atoms with E-state index in [0.717, 1.165) is 38.5 Å². The third-order valence-corrected chi connectivity index (χ3v) is 6.22. The van der Waals surface area contributed by atoms with Crippen molar-refractivity contribution in [3.63, 3.8) is 0 Å². The second-order valence-corrected chi connectivity index (χ2v) is 8.31. The van der Waals surface area contributed by atoms with Crippen molar-refractivity contribution in [2.24, 2.45) is 11.8 Å². The van der Waals surface area contributed by atoms with Crippen molar-refractivity contribution >= 4 is 23.1 Å². The molecule has 2 aromatic heterocycles. The minimum atomic E-state index is -0.372. The molecule has 0 spiro atoms. The van der Waals surface area contributed by atoms with Crippen LogP contribution in [0.5, 0.6) is 0 Å². The van der Waals surface area contributed by atoms with E-state index in [1.807, 2.05) is 0 Å². The van der Waals surface area contributed by atoms with Crippen LogP contribution in [0.2, 0.25) is 0 Å². The van der Waals surface area contributed by atoms with Crippen LogP contribution in [0.15, 0.2) is 29.3 Å². The van der Waals surface area contributed by atoms with Gasteiger partial charge >= 0.3 is 0 Å². The molecule has 2 fully saturated rings. The highest BCUT2D eigenvalue weighted by atomic mass is 16.2. The topological polar surface area (TPSA) is 92.6 Å². The number of hydrogen-bond donors (Lipinski definition) is 2. The van der Waals surface area contributed by atoms with Crippen molar-refractivity contribution in [2.45, 2.75) is 57.8 Å². The summed E-state index contributed by atoms with van der Waals surface area (Å²) >= 11 is 0. The lowest BCUT2D eigenvalue weighted by Crippen LogP contribution is -2.31. The number of hydrogen-bond acceptors (Lipinski definition) is 4. The summed E-state index contributed by atoms with van der Waals surface area (Å²) in [4.78, 5) is 42.0. The summed E-state index contributed by atoms with van der Waals surface area (Å²) in [5, 5.41) is 5.72. The Balaban J connectivity index is 1.49. The fourth-order valence-corrected chi connectivity index (χ4v) is 4.45. The molecule has 0 aromatic carbocycles. The zero-order valence-electron chi connectivity index (χ0n) is 16.7. The molecule has 0 aliphatic heterocycles. The van der Waals surface area contributed by atoms with E-state index in [9.17, 15) is 14.4 Å². The highest BCUT2D eigenvalue weighted by Gasteiger charge is 2.23. The van der Waals surface area contributed by atoms with Gasteiger partial charge in [0.05, 0.1) is 11.8 Å². The molecule has 2 saturated carbocycles. The minimum Gasteiger partial charge on any atom is -0.352 e. The average Bonchev–Trinajstić information content (AvgIpc) is 3.30. The van der Waals surface area contributed by atoms with Crippen LogP contribution in [0, 0.1) is 11.8 Å². The minimum absolute atomic E-state index is 0.0352. The Morgan fingerprint density at radius 1 is 1.03 bits per heavy atom. The van der Waals surface area contributed by atoms with Crippen LogP contribution in [0.4, 0.5) is 5.69 Å². The van der Waals surface area contributed by atoms with Crippen LogP contribution in [0.1, 0.15) is 68.1 Å². The fourth-order valence-electron chi connectivity index (χ4n) is 4.45. The Bertz CT molecular complexity index is 956. The molecule has 2 N–H and O–H groups in total. The molecule has 7 nitrogen and oxygen atoms in total. The lowest BCUT2D eigenvalue weighted by atomic mass is 9.89. The summed E-state index contributed by atoms with van der Waals surface area (Å²) in [7, 11) is 0. The van der Waals surface area contributed by atoms with E-state index in [1.165, 1.54) is 36.1 Å². The Hall–Kier alpha value is -2.70. The lowest BCUT2D eigenvalue weighted by molar-refractivity contribution is -0.119. The standard InChI is InChI=1S/C22H28N4O3/c27-20(24-12-15-6-2-1-3-7-15)17-10-11-19-23-13-18(22(29)26(19)14-17)25-21(28)16-8-4-5-9-16/h10-11,13-16H,1-9,12H2,(H,24,27)(H,25,28). The summed E-state index contributed by atoms with van der Waals surface area (Å²) < 4.78 is 1.33. The first-order valence-corrected chi connectivity index (χ1v) is 10.7. The summed E-state index contributed by atoms with van der Waals surface area (Å²) in [6.45, 7) is 0.668. The van der Waals surface area contributed by atoms with Crippen molar-refractivity contribution in [2.75, 3.05) is 11.9 Å². The summed E-state index contributed by atoms with van der Waals surface area (Å²) in [5.74, 6) is 0.189. The van der Waals surface area contributed by atoms with Gasteiger partial charge in [-0.15, -0.1) is 0 Å². The maximum Gasteiger partial charge on any atom is 0.281 e. The number of carbonyl (C=O) groups excluding carboxylic acids is 2. The van der Waals surface area contributed by atoms with Gasteiger partial charge in [0, 0.05) is 18.7 Å². The molecule has 2 amide bonds. The lowest BCUT2D eigenvalue weighted by Gasteiger charge is -2.21. The highest BCUT2D eigenvalue weighted by Crippen LogP contribution is 2.25. The van der Waals surface area contributed by atoms with Crippen LogP contribution in [0.25, 0.3) is 5.65 Å². The third-order valence-electron chi connectivity index (χ3n) is 6.22. The van der Waals surface area contributed by atoms with Crippen LogP contribution < -0.4 is 16.2 Å². The van der Waals surface area contributed by atoms with E-state index in [-0.39, 0.29) is 29.0 Å². The predicted octanol–water partition coefficient (Wildman–Crippen LogP) is 3.13. The Labute approximate surface area is 169 Å². The van der Waals surface area contributed by atoms with Gasteiger partial charge in [-0.1, -0.05) is 32.1 Å². The molecule has 0 bridgehead atoms. The second-order valence-electron chi connectivity index (χ2n) is 8.31. The maximum atomic E-state index is 12.8. The van der Waals surface area contributed by atoms with Crippen LogP contribution in [0.3, 0.4) is 0 Å². The molecule has 29 heavy (non-hydrogen) atoms. The number of amides is 2. The normalized spacial score (nSPS) is 18.1. The number of rotatable bonds is 5. The number of nitrogens with zero attached hydrogens (tertiary/aromatic N) is 2. The van der Waals surface area contributed by atoms with Crippen LogP contribution >= 0.6 is 0 Å². The highest BCUT2D eigenvalue weighted by molar-refractivity contribution is 5.94. The second kappa shape index (κ2) is 8.76. The number of pyridine rings is 1. The van der Waals surface area contributed by atoms with E-state index < -0.39 is 0 Å². The molecule has 2 heterocycles. The van der Waals surface area contributed by atoms with E-state index in [4.69, 9.17) is 0 Å². The van der Waals surface area contributed by atoms with Gasteiger partial charge < -0.3 is 10.6 Å². The number of aromatic nitrogens is 2. The van der Waals surface area contributed by atoms with Gasteiger partial charge in [-0.3, -0.25) is 18.8 Å². The van der Waals surface area contributed by atoms with Gasteiger partial charge in [0.15, 0.2) is 0 Å². The van der Waals surface area contributed by atoms with Gasteiger partial charge in [0.2, 0.25) is 5.91 Å². The quantitative estimate of drug-likeness (QED) is 0.812. The first-order valence-electron chi connectivity index (χ1n) is 10.7. The number of fused-ring (bicyclic) bond motifs is 1. The van der Waals surface area contributed by atoms with Gasteiger partial charge in [0.1, 0.15) is 11.3 Å². The zero-order chi connectivity index (χ0) is 20.2. The van der Waals surface area contributed by atoms with E-state index >= 15 is 0 Å². The van der Waals surface area contributed by atoms with Crippen molar-refractivity contribution in [3.05, 3.63) is 40.4 Å². The molecular formula is C22H28N4O3. The SMILES string of the molecule is O=C(NCC1CCCCC1)c1ccc2ncc(NC(=O)C3CCCC3)c(=O)n2c1. The first-order chi connectivity index (χ1) is 14.1. The van der Waals surface area contributed by atoms with Gasteiger partial charge in [-0.05, 0) is 43.7 Å². The summed E-state index contributed by atoms with van der Waals surface area (Å²) in [6.07, 6.45) is 12.8. The Morgan fingerprint density at radius 3 is 2.52 bits per heavy atom. The van der Waals surface area contributed by atoms with Crippen molar-refractivity contribution in [1.82, 2.24) is 14.7 Å². The fraction of sp³-hybridized carbons (Fsp3) is 0.545. The predicted molar refractivity (Wildman–Crippen MR) is 111 cm³/mol. The molecule has 4 rings (SSSR count). The average molecular weight is 396 g/mol. The Kier molecular flexibility index (Phi) is 5.92. The Morgan fingerprint density at radius 2 is 1.76 bits per heavy atom. The van der Waals surface area contributed by atoms with Crippen LogP contribution in [-0.2, 0) is 4.79 Å². The molecule has 7 heteroatoms. The molecule has 0 saturated heterocycles. The molecule has 2 aromatic rings. The molecule has 0 atom stereocenters. The third kappa shape index (κ3) is 4.49. The smallest absolute Gasteiger partial charge is 0.281 e. The van der Waals surface area contributed by atoms with E-state index in [0.29, 0.717) is 23.7 Å². The molecular weight excluding hydrogens is 368 g/mol. The first kappa shape index (κ1) is 19.6. The molecule has 0 radical (unpaired) electrons.